The minimum atomic E-state index is -0.899. The molecule has 38 heavy (non-hydrogen) atoms. The summed E-state index contributed by atoms with van der Waals surface area (Å²) in [5.41, 5.74) is 1.81. The zero-order valence-electron chi connectivity index (χ0n) is 21.5. The van der Waals surface area contributed by atoms with Crippen molar-refractivity contribution in [2.45, 2.75) is 12.5 Å². The number of hydrogen-bond acceptors (Lipinski definition) is 7. The van der Waals surface area contributed by atoms with Crippen LogP contribution in [0.5, 0.6) is 23.0 Å². The molecule has 198 valence electrons. The van der Waals surface area contributed by atoms with Crippen LogP contribution in [0, 0.1) is 0 Å². The number of likely N-dealkylation sites (tertiary alicyclic amines) is 1. The van der Waals surface area contributed by atoms with E-state index in [-0.39, 0.29) is 17.9 Å². The molecular weight excluding hydrogens is 554 g/mol. The molecule has 0 unspecified atom stereocenters. The number of carbonyl (C=O) groups excluding carboxylic acids is 2. The number of ether oxygens (including phenoxy) is 4. The second-order valence-electron chi connectivity index (χ2n) is 8.55. The molecule has 1 aliphatic rings. The second kappa shape index (κ2) is 11.6. The van der Waals surface area contributed by atoms with Gasteiger partial charge < -0.3 is 29.0 Å². The molecule has 3 aromatic rings. The van der Waals surface area contributed by atoms with Crippen molar-refractivity contribution in [3.63, 3.8) is 0 Å². The first kappa shape index (κ1) is 27.1. The van der Waals surface area contributed by atoms with E-state index in [1.807, 2.05) is 12.1 Å². The van der Waals surface area contributed by atoms with Gasteiger partial charge in [-0.05, 0) is 54.4 Å². The van der Waals surface area contributed by atoms with Gasteiger partial charge >= 0.3 is 0 Å². The monoisotopic (exact) mass is 581 g/mol. The van der Waals surface area contributed by atoms with Crippen LogP contribution in [0.3, 0.4) is 0 Å². The number of hydrogen-bond donors (Lipinski definition) is 1. The maximum absolute atomic E-state index is 13.4. The molecule has 9 heteroatoms. The number of Topliss-reactive ketones (excluding diaryl/α,β-unsaturated/α-hetero) is 1. The average Bonchev–Trinajstić information content (AvgIpc) is 3.20. The Hall–Kier alpha value is -3.98. The molecule has 4 rings (SSSR count). The molecule has 1 aliphatic heterocycles. The molecule has 1 heterocycles. The molecule has 1 amide bonds. The molecule has 1 saturated heterocycles. The van der Waals surface area contributed by atoms with Gasteiger partial charge in [0.2, 0.25) is 0 Å². The lowest BCUT2D eigenvalue weighted by Gasteiger charge is -2.27. The topological polar surface area (TPSA) is 94.5 Å². The Morgan fingerprint density at radius 1 is 0.842 bits per heavy atom. The molecule has 0 aromatic heterocycles. The van der Waals surface area contributed by atoms with E-state index < -0.39 is 17.7 Å². The number of rotatable bonds is 9. The van der Waals surface area contributed by atoms with Crippen molar-refractivity contribution in [2.75, 3.05) is 35.0 Å². The quantitative estimate of drug-likeness (QED) is 0.212. The lowest BCUT2D eigenvalue weighted by Crippen LogP contribution is -2.32. The van der Waals surface area contributed by atoms with Crippen molar-refractivity contribution in [3.8, 4) is 23.0 Å². The fraction of sp³-hybridized carbons (Fsp3) is 0.241. The van der Waals surface area contributed by atoms with Gasteiger partial charge in [0.1, 0.15) is 17.3 Å². The van der Waals surface area contributed by atoms with E-state index in [0.29, 0.717) is 40.5 Å². The normalized spacial score (nSPS) is 16.4. The smallest absolute Gasteiger partial charge is 0.295 e. The summed E-state index contributed by atoms with van der Waals surface area (Å²) in [5.74, 6) is 0.386. The van der Waals surface area contributed by atoms with E-state index in [2.05, 4.69) is 15.9 Å². The highest BCUT2D eigenvalue weighted by molar-refractivity contribution is 9.10. The fourth-order valence-electron chi connectivity index (χ4n) is 4.54. The zero-order chi connectivity index (χ0) is 27.4. The van der Waals surface area contributed by atoms with Crippen LogP contribution in [0.2, 0.25) is 0 Å². The Balaban J connectivity index is 1.82. The van der Waals surface area contributed by atoms with Crippen molar-refractivity contribution in [1.29, 1.82) is 0 Å². The van der Waals surface area contributed by atoms with Crippen molar-refractivity contribution in [2.24, 2.45) is 0 Å². The molecule has 0 radical (unpaired) electrons. The largest absolute Gasteiger partial charge is 0.507 e. The third kappa shape index (κ3) is 5.19. The maximum Gasteiger partial charge on any atom is 0.295 e. The summed E-state index contributed by atoms with van der Waals surface area (Å²) in [7, 11) is 6.15. The van der Waals surface area contributed by atoms with E-state index in [4.69, 9.17) is 18.9 Å². The van der Waals surface area contributed by atoms with Crippen molar-refractivity contribution in [3.05, 3.63) is 87.4 Å². The minimum absolute atomic E-state index is 0.0174. The van der Waals surface area contributed by atoms with Gasteiger partial charge in [-0.3, -0.25) is 9.59 Å². The molecular formula is C29H28BrNO7. The molecule has 0 spiro atoms. The summed E-state index contributed by atoms with van der Waals surface area (Å²) >= 11 is 3.38. The highest BCUT2D eigenvalue weighted by Crippen LogP contribution is 2.44. The lowest BCUT2D eigenvalue weighted by molar-refractivity contribution is -0.139. The zero-order valence-corrected chi connectivity index (χ0v) is 23.1. The van der Waals surface area contributed by atoms with Crippen LogP contribution in [-0.2, 0) is 16.0 Å². The number of aliphatic hydroxyl groups excluding tert-OH is 1. The molecule has 1 N–H and O–H groups in total. The van der Waals surface area contributed by atoms with Crippen molar-refractivity contribution in [1.82, 2.24) is 4.90 Å². The van der Waals surface area contributed by atoms with Gasteiger partial charge in [0.05, 0.1) is 40.1 Å². The SMILES string of the molecule is COc1ccc(OC)c([C@@H]2C(=C(O)c3ccc(Br)cc3)C(=O)C(=O)N2CCc2ccc(OC)c(OC)c2)c1. The summed E-state index contributed by atoms with van der Waals surface area (Å²) in [5, 5.41) is 11.3. The van der Waals surface area contributed by atoms with Crippen LogP contribution >= 0.6 is 15.9 Å². The lowest BCUT2D eigenvalue weighted by atomic mass is 9.94. The molecule has 0 saturated carbocycles. The predicted octanol–water partition coefficient (Wildman–Crippen LogP) is 5.15. The van der Waals surface area contributed by atoms with Crippen LogP contribution < -0.4 is 18.9 Å². The van der Waals surface area contributed by atoms with Gasteiger partial charge in [-0.15, -0.1) is 0 Å². The fourth-order valence-corrected chi connectivity index (χ4v) is 4.80. The van der Waals surface area contributed by atoms with Crippen LogP contribution in [-0.4, -0.2) is 56.7 Å². The highest BCUT2D eigenvalue weighted by atomic mass is 79.9. The Labute approximate surface area is 229 Å². The van der Waals surface area contributed by atoms with Gasteiger partial charge in [0, 0.05) is 22.1 Å². The van der Waals surface area contributed by atoms with Gasteiger partial charge in [0.25, 0.3) is 11.7 Å². The number of aliphatic hydroxyl groups is 1. The number of ketones is 1. The Bertz CT molecular complexity index is 1380. The minimum Gasteiger partial charge on any atom is -0.507 e. The first-order chi connectivity index (χ1) is 18.3. The predicted molar refractivity (Wildman–Crippen MR) is 146 cm³/mol. The second-order valence-corrected chi connectivity index (χ2v) is 9.46. The van der Waals surface area contributed by atoms with Crippen LogP contribution in [0.25, 0.3) is 5.76 Å². The molecule has 1 fully saturated rings. The standard InChI is InChI=1S/C29H28BrNO7/c1-35-20-10-12-22(36-2)21(16-20)26-25(27(32)18-6-8-19(30)9-7-18)28(33)29(34)31(26)14-13-17-5-11-23(37-3)24(15-17)38-4/h5-12,15-16,26,32H,13-14H2,1-4H3/t26-/m1/s1. The number of halogens is 1. The third-order valence-electron chi connectivity index (χ3n) is 6.48. The van der Waals surface area contributed by atoms with Gasteiger partial charge in [-0.1, -0.05) is 34.1 Å². The number of methoxy groups -OCH3 is 4. The summed E-state index contributed by atoms with van der Waals surface area (Å²) < 4.78 is 22.6. The van der Waals surface area contributed by atoms with Gasteiger partial charge in [-0.2, -0.15) is 0 Å². The summed E-state index contributed by atoms with van der Waals surface area (Å²) in [6.45, 7) is 0.197. The van der Waals surface area contributed by atoms with Gasteiger partial charge in [-0.25, -0.2) is 0 Å². The van der Waals surface area contributed by atoms with E-state index in [0.717, 1.165) is 10.0 Å². The highest BCUT2D eigenvalue weighted by Gasteiger charge is 2.47. The maximum atomic E-state index is 13.4. The molecule has 8 nitrogen and oxygen atoms in total. The average molecular weight is 582 g/mol. The molecule has 3 aromatic carbocycles. The molecule has 0 bridgehead atoms. The van der Waals surface area contributed by atoms with E-state index in [1.165, 1.54) is 19.1 Å². The Kier molecular flexibility index (Phi) is 8.26. The number of carbonyl (C=O) groups is 2. The van der Waals surface area contributed by atoms with E-state index >= 15 is 0 Å². The summed E-state index contributed by atoms with van der Waals surface area (Å²) in [4.78, 5) is 28.3. The number of benzene rings is 3. The number of amides is 1. The third-order valence-corrected chi connectivity index (χ3v) is 7.01. The van der Waals surface area contributed by atoms with E-state index in [9.17, 15) is 14.7 Å². The Morgan fingerprint density at radius 3 is 2.13 bits per heavy atom. The summed E-state index contributed by atoms with van der Waals surface area (Å²) in [6, 6.07) is 16.6. The summed E-state index contributed by atoms with van der Waals surface area (Å²) in [6.07, 6.45) is 0.425. The van der Waals surface area contributed by atoms with Crippen molar-refractivity contribution >= 4 is 33.4 Å². The van der Waals surface area contributed by atoms with Crippen LogP contribution in [0.15, 0.2) is 70.7 Å². The Morgan fingerprint density at radius 2 is 1.50 bits per heavy atom. The van der Waals surface area contributed by atoms with Crippen LogP contribution in [0.1, 0.15) is 22.7 Å². The first-order valence-electron chi connectivity index (χ1n) is 11.8. The molecule has 0 aliphatic carbocycles. The van der Waals surface area contributed by atoms with Crippen LogP contribution in [0.4, 0.5) is 0 Å². The van der Waals surface area contributed by atoms with Gasteiger partial charge in [0.15, 0.2) is 11.5 Å². The van der Waals surface area contributed by atoms with E-state index in [1.54, 1.807) is 62.8 Å². The van der Waals surface area contributed by atoms with Crippen molar-refractivity contribution < 1.29 is 33.6 Å². The molecule has 1 atom stereocenters. The first-order valence-corrected chi connectivity index (χ1v) is 12.6. The number of nitrogens with zero attached hydrogens (tertiary/aromatic N) is 1.